The highest BCUT2D eigenvalue weighted by molar-refractivity contribution is 5.90. The van der Waals surface area contributed by atoms with Gasteiger partial charge in [-0.1, -0.05) is 23.4 Å². The molecule has 0 atom stereocenters. The number of hydrogen-bond acceptors (Lipinski definition) is 5. The first-order valence-corrected chi connectivity index (χ1v) is 8.59. The SMILES string of the molecule is O=C(On1nnc2ccccc21)c1ccc(OC2CCCCC2)cc1. The molecule has 4 rings (SSSR count). The summed E-state index contributed by atoms with van der Waals surface area (Å²) in [5.74, 6) is 0.300. The quantitative estimate of drug-likeness (QED) is 0.683. The lowest BCUT2D eigenvalue weighted by Crippen LogP contribution is -2.21. The lowest BCUT2D eigenvalue weighted by atomic mass is 9.98. The summed E-state index contributed by atoms with van der Waals surface area (Å²) >= 11 is 0. The summed E-state index contributed by atoms with van der Waals surface area (Å²) in [6.45, 7) is 0. The van der Waals surface area contributed by atoms with Gasteiger partial charge in [-0.3, -0.25) is 0 Å². The zero-order valence-corrected chi connectivity index (χ0v) is 13.8. The topological polar surface area (TPSA) is 66.2 Å². The molecule has 1 aliphatic carbocycles. The van der Waals surface area contributed by atoms with Gasteiger partial charge in [0.2, 0.25) is 0 Å². The molecule has 0 bridgehead atoms. The number of fused-ring (bicyclic) bond motifs is 1. The van der Waals surface area contributed by atoms with Gasteiger partial charge < -0.3 is 9.57 Å². The van der Waals surface area contributed by atoms with E-state index in [1.807, 2.05) is 30.3 Å². The second-order valence-electron chi connectivity index (χ2n) is 6.23. The molecule has 1 saturated carbocycles. The lowest BCUT2D eigenvalue weighted by Gasteiger charge is -2.22. The van der Waals surface area contributed by atoms with Crippen LogP contribution in [0, 0.1) is 0 Å². The Bertz CT molecular complexity index is 867. The lowest BCUT2D eigenvalue weighted by molar-refractivity contribution is 0.0408. The average molecular weight is 337 g/mol. The maximum absolute atomic E-state index is 12.3. The molecule has 2 aromatic carbocycles. The van der Waals surface area contributed by atoms with Gasteiger partial charge in [0.1, 0.15) is 16.8 Å². The maximum Gasteiger partial charge on any atom is 0.365 e. The Balaban J connectivity index is 1.43. The molecule has 25 heavy (non-hydrogen) atoms. The molecule has 0 radical (unpaired) electrons. The average Bonchev–Trinajstić information content (AvgIpc) is 3.06. The number of benzene rings is 2. The van der Waals surface area contributed by atoms with E-state index in [0.29, 0.717) is 16.6 Å². The normalized spacial score (nSPS) is 15.2. The molecule has 6 nitrogen and oxygen atoms in total. The standard InChI is InChI=1S/C19H19N3O3/c23-19(25-22-18-9-5-4-8-17(18)20-21-22)14-10-12-16(13-11-14)24-15-6-2-1-3-7-15/h4-5,8-13,15H,1-3,6-7H2. The summed E-state index contributed by atoms with van der Waals surface area (Å²) in [5, 5.41) is 7.81. The first-order valence-electron chi connectivity index (χ1n) is 8.59. The van der Waals surface area contributed by atoms with Crippen LogP contribution in [-0.2, 0) is 0 Å². The molecular weight excluding hydrogens is 318 g/mol. The molecule has 1 aromatic heterocycles. The summed E-state index contributed by atoms with van der Waals surface area (Å²) in [4.78, 5) is 18.8. The Kier molecular flexibility index (Phi) is 4.33. The summed E-state index contributed by atoms with van der Waals surface area (Å²) in [6, 6.07) is 14.3. The number of ether oxygens (including phenoxy) is 1. The fourth-order valence-electron chi connectivity index (χ4n) is 3.09. The van der Waals surface area contributed by atoms with Crippen molar-refractivity contribution < 1.29 is 14.4 Å². The Labute approximate surface area is 145 Å². The maximum atomic E-state index is 12.3. The number of carbonyl (C=O) groups is 1. The van der Waals surface area contributed by atoms with Gasteiger partial charge >= 0.3 is 5.97 Å². The number of hydrogen-bond donors (Lipinski definition) is 0. The predicted octanol–water partition coefficient (Wildman–Crippen LogP) is 3.41. The van der Waals surface area contributed by atoms with Gasteiger partial charge in [-0.15, -0.1) is 5.10 Å². The fourth-order valence-corrected chi connectivity index (χ4v) is 3.09. The van der Waals surface area contributed by atoms with Crippen molar-refractivity contribution in [2.45, 2.75) is 38.2 Å². The van der Waals surface area contributed by atoms with Crippen molar-refractivity contribution in [3.8, 4) is 5.75 Å². The van der Waals surface area contributed by atoms with Crippen LogP contribution in [0.5, 0.6) is 5.75 Å². The van der Waals surface area contributed by atoms with Crippen molar-refractivity contribution in [1.82, 2.24) is 15.2 Å². The highest BCUT2D eigenvalue weighted by Crippen LogP contribution is 2.23. The first-order chi connectivity index (χ1) is 12.3. The van der Waals surface area contributed by atoms with Crippen molar-refractivity contribution in [2.24, 2.45) is 0 Å². The predicted molar refractivity (Wildman–Crippen MR) is 92.4 cm³/mol. The number of rotatable bonds is 4. The van der Waals surface area contributed by atoms with Crippen LogP contribution >= 0.6 is 0 Å². The minimum absolute atomic E-state index is 0.285. The summed E-state index contributed by atoms with van der Waals surface area (Å²) < 4.78 is 5.97. The van der Waals surface area contributed by atoms with E-state index in [-0.39, 0.29) is 6.10 Å². The van der Waals surface area contributed by atoms with Crippen molar-refractivity contribution >= 4 is 17.0 Å². The Morgan fingerprint density at radius 1 is 1.00 bits per heavy atom. The van der Waals surface area contributed by atoms with Gasteiger partial charge in [-0.05, 0) is 67.3 Å². The highest BCUT2D eigenvalue weighted by Gasteiger charge is 2.16. The molecule has 0 amide bonds. The van der Waals surface area contributed by atoms with E-state index in [2.05, 4.69) is 10.3 Å². The molecule has 3 aromatic rings. The summed E-state index contributed by atoms with van der Waals surface area (Å²) in [5.41, 5.74) is 1.76. The highest BCUT2D eigenvalue weighted by atomic mass is 16.7. The smallest absolute Gasteiger partial charge is 0.365 e. The van der Waals surface area contributed by atoms with Crippen molar-refractivity contribution in [1.29, 1.82) is 0 Å². The van der Waals surface area contributed by atoms with Gasteiger partial charge in [0.05, 0.1) is 11.7 Å². The Morgan fingerprint density at radius 3 is 2.56 bits per heavy atom. The summed E-state index contributed by atoms with van der Waals surface area (Å²) in [7, 11) is 0. The summed E-state index contributed by atoms with van der Waals surface area (Å²) in [6.07, 6.45) is 6.23. The minimum atomic E-state index is -0.486. The number of para-hydroxylation sites is 1. The molecule has 1 fully saturated rings. The first kappa shape index (κ1) is 15.6. The van der Waals surface area contributed by atoms with Gasteiger partial charge in [0.25, 0.3) is 0 Å². The molecule has 1 aliphatic rings. The molecule has 0 unspecified atom stereocenters. The van der Waals surface area contributed by atoms with Crippen LogP contribution in [-0.4, -0.2) is 27.2 Å². The molecule has 0 aliphatic heterocycles. The van der Waals surface area contributed by atoms with Crippen LogP contribution in [0.2, 0.25) is 0 Å². The largest absolute Gasteiger partial charge is 0.490 e. The van der Waals surface area contributed by atoms with E-state index in [0.717, 1.165) is 23.4 Å². The van der Waals surface area contributed by atoms with Gasteiger partial charge in [-0.25, -0.2) is 4.79 Å². The van der Waals surface area contributed by atoms with Gasteiger partial charge in [-0.2, -0.15) is 0 Å². The molecule has 6 heteroatoms. The van der Waals surface area contributed by atoms with E-state index in [9.17, 15) is 4.79 Å². The number of nitrogens with zero attached hydrogens (tertiary/aromatic N) is 3. The van der Waals surface area contributed by atoms with E-state index in [4.69, 9.17) is 9.57 Å². The second-order valence-corrected chi connectivity index (χ2v) is 6.23. The number of carbonyl (C=O) groups excluding carboxylic acids is 1. The Hall–Kier alpha value is -2.89. The van der Waals surface area contributed by atoms with Crippen LogP contribution in [0.15, 0.2) is 48.5 Å². The van der Waals surface area contributed by atoms with Gasteiger partial charge in [0, 0.05) is 0 Å². The Morgan fingerprint density at radius 2 is 1.76 bits per heavy atom. The fraction of sp³-hybridized carbons (Fsp3) is 0.316. The van der Waals surface area contributed by atoms with Gasteiger partial charge in [0.15, 0.2) is 0 Å². The van der Waals surface area contributed by atoms with E-state index in [1.54, 1.807) is 18.2 Å². The van der Waals surface area contributed by atoms with Crippen molar-refractivity contribution in [3.05, 3.63) is 54.1 Å². The van der Waals surface area contributed by atoms with E-state index >= 15 is 0 Å². The van der Waals surface area contributed by atoms with Crippen LogP contribution in [0.25, 0.3) is 11.0 Å². The van der Waals surface area contributed by atoms with Crippen molar-refractivity contribution in [3.63, 3.8) is 0 Å². The van der Waals surface area contributed by atoms with Crippen LogP contribution < -0.4 is 9.57 Å². The zero-order chi connectivity index (χ0) is 17.1. The van der Waals surface area contributed by atoms with Crippen LogP contribution in [0.1, 0.15) is 42.5 Å². The monoisotopic (exact) mass is 337 g/mol. The molecule has 0 N–H and O–H groups in total. The number of aromatic nitrogens is 3. The third-order valence-electron chi connectivity index (χ3n) is 4.44. The molecule has 128 valence electrons. The molecular formula is C19H19N3O3. The molecule has 0 spiro atoms. The van der Waals surface area contributed by atoms with E-state index < -0.39 is 5.97 Å². The minimum Gasteiger partial charge on any atom is -0.490 e. The van der Waals surface area contributed by atoms with Crippen LogP contribution in [0.4, 0.5) is 0 Å². The van der Waals surface area contributed by atoms with Crippen molar-refractivity contribution in [2.75, 3.05) is 0 Å². The third kappa shape index (κ3) is 3.47. The molecule has 0 saturated heterocycles. The molecule has 1 heterocycles. The second kappa shape index (κ2) is 6.93. The van der Waals surface area contributed by atoms with Crippen LogP contribution in [0.3, 0.4) is 0 Å². The zero-order valence-electron chi connectivity index (χ0n) is 13.8. The third-order valence-corrected chi connectivity index (χ3v) is 4.44. The van der Waals surface area contributed by atoms with E-state index in [1.165, 1.54) is 19.3 Å².